The van der Waals surface area contributed by atoms with Gasteiger partial charge in [-0.15, -0.1) is 35.3 Å². The summed E-state index contributed by atoms with van der Waals surface area (Å²) >= 11 is 1.81. The van der Waals surface area contributed by atoms with Crippen molar-refractivity contribution in [1.82, 2.24) is 20.5 Å². The van der Waals surface area contributed by atoms with Crippen molar-refractivity contribution in [3.63, 3.8) is 0 Å². The fourth-order valence-corrected chi connectivity index (χ4v) is 3.43. The summed E-state index contributed by atoms with van der Waals surface area (Å²) in [6.45, 7) is 11.8. The molecular weight excluding hydrogens is 449 g/mol. The highest BCUT2D eigenvalue weighted by Crippen LogP contribution is 2.13. The molecule has 1 aliphatic heterocycles. The highest BCUT2D eigenvalue weighted by molar-refractivity contribution is 14.0. The lowest BCUT2D eigenvalue weighted by Crippen LogP contribution is -2.39. The smallest absolute Gasteiger partial charge is 0.191 e. The van der Waals surface area contributed by atoms with Crippen LogP contribution in [0.1, 0.15) is 30.2 Å². The minimum Gasteiger partial charge on any atom is -0.379 e. The Morgan fingerprint density at radius 3 is 2.80 bits per heavy atom. The summed E-state index contributed by atoms with van der Waals surface area (Å²) in [5, 5.41) is 7.92. The van der Waals surface area contributed by atoms with Crippen molar-refractivity contribution in [3.8, 4) is 0 Å². The minimum absolute atomic E-state index is 0. The lowest BCUT2D eigenvalue weighted by Gasteiger charge is -2.26. The lowest BCUT2D eigenvalue weighted by atomic mass is 10.3. The predicted octanol–water partition coefficient (Wildman–Crippen LogP) is 2.14. The van der Waals surface area contributed by atoms with E-state index in [-0.39, 0.29) is 24.0 Å². The molecular formula is C17H32IN5OS. The molecule has 1 fully saturated rings. The molecule has 8 heteroatoms. The molecule has 1 aromatic rings. The van der Waals surface area contributed by atoms with Crippen LogP contribution >= 0.6 is 35.3 Å². The van der Waals surface area contributed by atoms with E-state index < -0.39 is 0 Å². The van der Waals surface area contributed by atoms with E-state index >= 15 is 0 Å². The van der Waals surface area contributed by atoms with Crippen LogP contribution in [0.4, 0.5) is 0 Å². The Kier molecular flexibility index (Phi) is 12.4. The molecule has 6 nitrogen and oxygen atoms in total. The number of guanidine groups is 1. The number of aromatic nitrogens is 1. The van der Waals surface area contributed by atoms with Gasteiger partial charge in [-0.25, -0.2) is 4.98 Å². The molecule has 144 valence electrons. The Morgan fingerprint density at radius 1 is 1.32 bits per heavy atom. The van der Waals surface area contributed by atoms with Crippen LogP contribution in [0.3, 0.4) is 0 Å². The van der Waals surface area contributed by atoms with Gasteiger partial charge in [-0.3, -0.25) is 9.89 Å². The summed E-state index contributed by atoms with van der Waals surface area (Å²) in [4.78, 5) is 12.9. The minimum atomic E-state index is 0. The summed E-state index contributed by atoms with van der Waals surface area (Å²) in [5.41, 5.74) is 0. The first-order valence-corrected chi connectivity index (χ1v) is 9.89. The van der Waals surface area contributed by atoms with Crippen LogP contribution in [0.25, 0.3) is 0 Å². The topological polar surface area (TPSA) is 61.8 Å². The molecule has 2 rings (SSSR count). The van der Waals surface area contributed by atoms with Gasteiger partial charge in [0.25, 0.3) is 0 Å². The molecule has 0 aliphatic carbocycles. The van der Waals surface area contributed by atoms with Gasteiger partial charge in [0.05, 0.1) is 18.2 Å². The molecule has 0 aromatic carbocycles. The Morgan fingerprint density at radius 2 is 2.12 bits per heavy atom. The zero-order chi connectivity index (χ0) is 17.0. The fraction of sp³-hybridized carbons (Fsp3) is 0.765. The first-order valence-electron chi connectivity index (χ1n) is 9.07. The summed E-state index contributed by atoms with van der Waals surface area (Å²) in [7, 11) is 0. The van der Waals surface area contributed by atoms with Gasteiger partial charge in [0.2, 0.25) is 0 Å². The molecule has 0 saturated carbocycles. The van der Waals surface area contributed by atoms with Crippen molar-refractivity contribution in [3.05, 3.63) is 16.1 Å². The van der Waals surface area contributed by atoms with Crippen molar-refractivity contribution < 1.29 is 4.74 Å². The van der Waals surface area contributed by atoms with Gasteiger partial charge in [-0.05, 0) is 19.8 Å². The second-order valence-corrected chi connectivity index (χ2v) is 7.02. The Bertz CT molecular complexity index is 491. The van der Waals surface area contributed by atoms with Crippen LogP contribution < -0.4 is 10.6 Å². The first-order chi connectivity index (χ1) is 11.8. The molecule has 2 N–H and O–H groups in total. The fourth-order valence-electron chi connectivity index (χ4n) is 2.57. The molecule has 1 aliphatic rings. The average molecular weight is 481 g/mol. The summed E-state index contributed by atoms with van der Waals surface area (Å²) in [5.74, 6) is 0.909. The molecule has 0 bridgehead atoms. The van der Waals surface area contributed by atoms with Crippen molar-refractivity contribution in [2.45, 2.75) is 33.1 Å². The zero-order valence-electron chi connectivity index (χ0n) is 15.4. The molecule has 0 spiro atoms. The van der Waals surface area contributed by atoms with E-state index in [9.17, 15) is 0 Å². The van der Waals surface area contributed by atoms with Gasteiger partial charge < -0.3 is 15.4 Å². The van der Waals surface area contributed by atoms with E-state index in [4.69, 9.17) is 4.74 Å². The molecule has 25 heavy (non-hydrogen) atoms. The quantitative estimate of drug-likeness (QED) is 0.245. The van der Waals surface area contributed by atoms with Crippen molar-refractivity contribution in [1.29, 1.82) is 0 Å². The highest BCUT2D eigenvalue weighted by Gasteiger charge is 2.09. The zero-order valence-corrected chi connectivity index (χ0v) is 18.6. The molecule has 1 saturated heterocycles. The predicted molar refractivity (Wildman–Crippen MR) is 116 cm³/mol. The number of rotatable bonds is 9. The maximum atomic E-state index is 5.37. The van der Waals surface area contributed by atoms with E-state index in [1.165, 1.54) is 9.88 Å². The van der Waals surface area contributed by atoms with E-state index in [0.717, 1.165) is 77.7 Å². The summed E-state index contributed by atoms with van der Waals surface area (Å²) in [6, 6.07) is 0. The van der Waals surface area contributed by atoms with Gasteiger partial charge in [0.15, 0.2) is 5.96 Å². The maximum absolute atomic E-state index is 5.37. The van der Waals surface area contributed by atoms with Crippen LogP contribution in [-0.2, 0) is 17.6 Å². The third-order valence-electron chi connectivity index (χ3n) is 3.93. The number of ether oxygens (including phenoxy) is 1. The van der Waals surface area contributed by atoms with Gasteiger partial charge in [-0.2, -0.15) is 0 Å². The average Bonchev–Trinajstić information content (AvgIpc) is 3.07. The maximum Gasteiger partial charge on any atom is 0.191 e. The van der Waals surface area contributed by atoms with Crippen LogP contribution in [0.2, 0.25) is 0 Å². The monoisotopic (exact) mass is 481 g/mol. The number of thiazole rings is 1. The van der Waals surface area contributed by atoms with Gasteiger partial charge >= 0.3 is 0 Å². The molecule has 0 amide bonds. The number of hydrogen-bond acceptors (Lipinski definition) is 5. The van der Waals surface area contributed by atoms with Crippen LogP contribution in [0.15, 0.2) is 11.2 Å². The van der Waals surface area contributed by atoms with E-state index in [0.29, 0.717) is 0 Å². The number of halogens is 1. The number of hydrogen-bond donors (Lipinski definition) is 2. The van der Waals surface area contributed by atoms with Crippen molar-refractivity contribution >= 4 is 41.3 Å². The largest absolute Gasteiger partial charge is 0.379 e. The first kappa shape index (κ1) is 22.6. The van der Waals surface area contributed by atoms with Crippen LogP contribution in [-0.4, -0.2) is 68.3 Å². The summed E-state index contributed by atoms with van der Waals surface area (Å²) < 4.78 is 5.37. The standard InChI is InChI=1S/C17H31N5OS.HI/c1-3-15-14-21-16(24-15)6-8-20-17(18-4-2)19-7-5-9-22-10-12-23-13-11-22;/h14H,3-13H2,1-2H3,(H2,18,19,20);1H. The Labute approximate surface area is 172 Å². The van der Waals surface area contributed by atoms with Gasteiger partial charge in [0, 0.05) is 56.8 Å². The second-order valence-electron chi connectivity index (χ2n) is 5.82. The number of nitrogens with one attached hydrogen (secondary N) is 2. The normalized spacial score (nSPS) is 15.7. The van der Waals surface area contributed by atoms with E-state index in [1.807, 2.05) is 17.5 Å². The highest BCUT2D eigenvalue weighted by atomic mass is 127. The molecule has 0 unspecified atom stereocenters. The van der Waals surface area contributed by atoms with E-state index in [2.05, 4.69) is 39.4 Å². The third kappa shape index (κ3) is 9.16. The summed E-state index contributed by atoms with van der Waals surface area (Å²) in [6.07, 6.45) is 5.09. The SMILES string of the molecule is CCNC(=NCCCN1CCOCC1)NCCc1ncc(CC)s1.I. The van der Waals surface area contributed by atoms with Gasteiger partial charge in [0.1, 0.15) is 0 Å². The molecule has 1 aromatic heterocycles. The third-order valence-corrected chi connectivity index (χ3v) is 5.13. The Balaban J connectivity index is 0.00000312. The van der Waals surface area contributed by atoms with Gasteiger partial charge in [-0.1, -0.05) is 6.92 Å². The van der Waals surface area contributed by atoms with Crippen LogP contribution in [0.5, 0.6) is 0 Å². The molecule has 0 radical (unpaired) electrons. The number of nitrogens with zero attached hydrogens (tertiary/aromatic N) is 3. The second kappa shape index (κ2) is 13.7. The molecule has 0 atom stereocenters. The number of aliphatic imine (C=N–C) groups is 1. The lowest BCUT2D eigenvalue weighted by molar-refractivity contribution is 0.0377. The molecule has 2 heterocycles. The Hall–Kier alpha value is -0.450. The van der Waals surface area contributed by atoms with Crippen molar-refractivity contribution in [2.75, 3.05) is 52.5 Å². The number of morpholine rings is 1. The number of aryl methyl sites for hydroxylation is 1. The van der Waals surface area contributed by atoms with Crippen LogP contribution in [0, 0.1) is 0 Å². The van der Waals surface area contributed by atoms with E-state index in [1.54, 1.807) is 0 Å². The van der Waals surface area contributed by atoms with Crippen molar-refractivity contribution in [2.24, 2.45) is 4.99 Å².